The van der Waals surface area contributed by atoms with Crippen molar-refractivity contribution in [3.63, 3.8) is 0 Å². The number of halogens is 1. The second-order valence-corrected chi connectivity index (χ2v) is 8.50. The lowest BCUT2D eigenvalue weighted by Crippen LogP contribution is -2.52. The molecule has 7 nitrogen and oxygen atoms in total. The Morgan fingerprint density at radius 1 is 1.33 bits per heavy atom. The lowest BCUT2D eigenvalue weighted by atomic mass is 9.72. The Labute approximate surface area is 176 Å². The number of hydrogen-bond donors (Lipinski definition) is 1. The number of nitrogens with zero attached hydrogens (tertiary/aromatic N) is 2. The number of fused-ring (bicyclic) bond motifs is 1. The number of amidine groups is 1. The Bertz CT molecular complexity index is 1020. The van der Waals surface area contributed by atoms with E-state index in [4.69, 9.17) is 9.73 Å². The molecule has 30 heavy (non-hydrogen) atoms. The van der Waals surface area contributed by atoms with Crippen molar-refractivity contribution in [2.24, 2.45) is 16.8 Å². The Kier molecular flexibility index (Phi) is 5.57. The molecule has 0 aromatic heterocycles. The normalized spacial score (nSPS) is 25.7. The molecule has 4 rings (SSSR count). The predicted octanol–water partition coefficient (Wildman–Crippen LogP) is 3.74. The number of hydrogen-bond acceptors (Lipinski definition) is 6. The van der Waals surface area contributed by atoms with Crippen molar-refractivity contribution in [3.8, 4) is 0 Å². The Morgan fingerprint density at radius 2 is 2.10 bits per heavy atom. The first-order valence-corrected chi connectivity index (χ1v) is 10.5. The molecule has 2 aliphatic rings. The highest BCUT2D eigenvalue weighted by Gasteiger charge is 2.50. The molecule has 1 saturated heterocycles. The van der Waals surface area contributed by atoms with Crippen molar-refractivity contribution in [1.29, 1.82) is 0 Å². The van der Waals surface area contributed by atoms with E-state index in [0.717, 1.165) is 12.1 Å². The second kappa shape index (κ2) is 8.16. The number of aliphatic imine (C=N–C) groups is 1. The van der Waals surface area contributed by atoms with Gasteiger partial charge in [-0.2, -0.15) is 0 Å². The lowest BCUT2D eigenvalue weighted by Gasteiger charge is -2.47. The summed E-state index contributed by atoms with van der Waals surface area (Å²) in [4.78, 5) is 28.1. The molecule has 2 aromatic rings. The number of rotatable bonds is 3. The molecule has 0 saturated carbocycles. The highest BCUT2D eigenvalue weighted by molar-refractivity contribution is 8.13. The lowest BCUT2D eigenvalue weighted by molar-refractivity contribution is -0.385. The summed E-state index contributed by atoms with van der Waals surface area (Å²) in [6.45, 7) is 2.59. The number of benzene rings is 2. The average Bonchev–Trinajstić information content (AvgIpc) is 2.74. The summed E-state index contributed by atoms with van der Waals surface area (Å²) in [6, 6.07) is 12.2. The fraction of sp³-hybridized carbons (Fsp3) is 0.333. The molecule has 2 aromatic carbocycles. The molecule has 1 fully saturated rings. The molecular weight excluding hydrogens is 409 g/mol. The van der Waals surface area contributed by atoms with Gasteiger partial charge < -0.3 is 10.1 Å². The zero-order valence-electron chi connectivity index (χ0n) is 16.2. The van der Waals surface area contributed by atoms with Crippen LogP contribution in [-0.2, 0) is 10.3 Å². The van der Waals surface area contributed by atoms with Gasteiger partial charge in [0.15, 0.2) is 5.17 Å². The number of non-ortho nitro benzene ring substituents is 1. The fourth-order valence-electron chi connectivity index (χ4n) is 4.01. The van der Waals surface area contributed by atoms with E-state index in [2.05, 4.69) is 5.32 Å². The monoisotopic (exact) mass is 429 g/mol. The number of carbonyl (C=O) groups is 1. The molecule has 0 spiro atoms. The third kappa shape index (κ3) is 3.70. The quantitative estimate of drug-likeness (QED) is 0.593. The van der Waals surface area contributed by atoms with Gasteiger partial charge in [-0.25, -0.2) is 9.38 Å². The molecular formula is C21H20FN3O4S. The SMILES string of the molecule is CC1COCC2(c3cc([N+](=O)[O-])ccc3F)N=C(NC(=O)c3ccccc3)SCC12. The van der Waals surface area contributed by atoms with Crippen LogP contribution in [-0.4, -0.2) is 35.0 Å². The summed E-state index contributed by atoms with van der Waals surface area (Å²) in [5.41, 5.74) is -0.744. The zero-order valence-corrected chi connectivity index (χ0v) is 17.0. The van der Waals surface area contributed by atoms with E-state index >= 15 is 0 Å². The number of nitrogens with one attached hydrogen (secondary N) is 1. The van der Waals surface area contributed by atoms with E-state index in [1.807, 2.05) is 13.0 Å². The van der Waals surface area contributed by atoms with Gasteiger partial charge in [-0.05, 0) is 24.1 Å². The standard InChI is InChI=1S/C21H20FN3O4S/c1-13-10-29-12-21(16-9-15(25(27)28)7-8-18(16)22)17(13)11-30-20(24-21)23-19(26)14-5-3-2-4-6-14/h2-9,13,17H,10-12H2,1H3,(H,23,24,26). The van der Waals surface area contributed by atoms with E-state index in [1.165, 1.54) is 17.8 Å². The van der Waals surface area contributed by atoms with Crippen molar-refractivity contribution < 1.29 is 18.8 Å². The van der Waals surface area contributed by atoms with Crippen molar-refractivity contribution in [3.05, 3.63) is 75.6 Å². The molecule has 0 bridgehead atoms. The van der Waals surface area contributed by atoms with Gasteiger partial charge in [0, 0.05) is 41.5 Å². The van der Waals surface area contributed by atoms with Crippen LogP contribution in [0.1, 0.15) is 22.8 Å². The Hall–Kier alpha value is -2.78. The molecule has 1 amide bonds. The van der Waals surface area contributed by atoms with Gasteiger partial charge in [0.25, 0.3) is 11.6 Å². The van der Waals surface area contributed by atoms with Crippen LogP contribution >= 0.6 is 11.8 Å². The fourth-order valence-corrected chi connectivity index (χ4v) is 5.35. The number of nitro benzene ring substituents is 1. The maximum absolute atomic E-state index is 14.9. The zero-order chi connectivity index (χ0) is 21.3. The first-order valence-electron chi connectivity index (χ1n) is 9.52. The summed E-state index contributed by atoms with van der Waals surface area (Å²) in [6.07, 6.45) is 0. The van der Waals surface area contributed by atoms with Crippen molar-refractivity contribution in [2.75, 3.05) is 19.0 Å². The number of thioether (sulfide) groups is 1. The number of nitro groups is 1. The summed E-state index contributed by atoms with van der Waals surface area (Å²) < 4.78 is 20.7. The van der Waals surface area contributed by atoms with Crippen LogP contribution in [0.15, 0.2) is 53.5 Å². The Morgan fingerprint density at radius 3 is 2.83 bits per heavy atom. The predicted molar refractivity (Wildman–Crippen MR) is 112 cm³/mol. The molecule has 9 heteroatoms. The third-order valence-corrected chi connectivity index (χ3v) is 6.58. The highest BCUT2D eigenvalue weighted by atomic mass is 32.2. The summed E-state index contributed by atoms with van der Waals surface area (Å²) in [7, 11) is 0. The molecule has 0 radical (unpaired) electrons. The van der Waals surface area contributed by atoms with Gasteiger partial charge >= 0.3 is 0 Å². The molecule has 0 aliphatic carbocycles. The van der Waals surface area contributed by atoms with Gasteiger partial charge in [-0.1, -0.05) is 36.9 Å². The topological polar surface area (TPSA) is 93.8 Å². The van der Waals surface area contributed by atoms with Gasteiger partial charge in [-0.15, -0.1) is 0 Å². The van der Waals surface area contributed by atoms with Crippen molar-refractivity contribution in [1.82, 2.24) is 5.32 Å². The van der Waals surface area contributed by atoms with Gasteiger partial charge in [-0.3, -0.25) is 14.9 Å². The number of carbonyl (C=O) groups excluding carboxylic acids is 1. The van der Waals surface area contributed by atoms with Gasteiger partial charge in [0.1, 0.15) is 11.4 Å². The molecule has 156 valence electrons. The smallest absolute Gasteiger partial charge is 0.270 e. The first-order chi connectivity index (χ1) is 14.4. The van der Waals surface area contributed by atoms with Gasteiger partial charge in [0.05, 0.1) is 11.5 Å². The maximum atomic E-state index is 14.9. The molecule has 3 unspecified atom stereocenters. The van der Waals surface area contributed by atoms with Crippen molar-refractivity contribution >= 4 is 28.5 Å². The van der Waals surface area contributed by atoms with Gasteiger partial charge in [0.2, 0.25) is 0 Å². The van der Waals surface area contributed by atoms with Crippen LogP contribution in [0.2, 0.25) is 0 Å². The summed E-state index contributed by atoms with van der Waals surface area (Å²) >= 11 is 1.39. The summed E-state index contributed by atoms with van der Waals surface area (Å²) in [5, 5.41) is 14.4. The Balaban J connectivity index is 1.77. The van der Waals surface area contributed by atoms with Crippen LogP contribution < -0.4 is 5.32 Å². The van der Waals surface area contributed by atoms with Crippen LogP contribution in [0.25, 0.3) is 0 Å². The van der Waals surface area contributed by atoms with E-state index in [9.17, 15) is 19.3 Å². The number of amides is 1. The minimum atomic E-state index is -1.14. The second-order valence-electron chi connectivity index (χ2n) is 7.49. The van der Waals surface area contributed by atoms with Crippen LogP contribution in [0.5, 0.6) is 0 Å². The maximum Gasteiger partial charge on any atom is 0.270 e. The van der Waals surface area contributed by atoms with E-state index in [-0.39, 0.29) is 35.6 Å². The molecule has 2 heterocycles. The third-order valence-electron chi connectivity index (χ3n) is 5.59. The molecule has 2 aliphatic heterocycles. The number of ether oxygens (including phenoxy) is 1. The van der Waals surface area contributed by atoms with E-state index in [0.29, 0.717) is 23.1 Å². The van der Waals surface area contributed by atoms with Crippen LogP contribution in [0.4, 0.5) is 10.1 Å². The van der Waals surface area contributed by atoms with E-state index < -0.39 is 16.3 Å². The van der Waals surface area contributed by atoms with Crippen molar-refractivity contribution in [2.45, 2.75) is 12.5 Å². The first kappa shape index (κ1) is 20.5. The molecule has 1 N–H and O–H groups in total. The van der Waals surface area contributed by atoms with E-state index in [1.54, 1.807) is 24.3 Å². The minimum absolute atomic E-state index is 0.0695. The van der Waals surface area contributed by atoms with Crippen LogP contribution in [0.3, 0.4) is 0 Å². The largest absolute Gasteiger partial charge is 0.378 e. The molecule has 3 atom stereocenters. The highest BCUT2D eigenvalue weighted by Crippen LogP contribution is 2.48. The average molecular weight is 429 g/mol. The minimum Gasteiger partial charge on any atom is -0.378 e. The summed E-state index contributed by atoms with van der Waals surface area (Å²) in [5.74, 6) is -0.335. The van der Waals surface area contributed by atoms with Crippen LogP contribution in [0, 0.1) is 27.8 Å².